The van der Waals surface area contributed by atoms with Crippen molar-refractivity contribution >= 4 is 29.1 Å². The second-order valence-corrected chi connectivity index (χ2v) is 6.64. The molecule has 0 aromatic heterocycles. The molecule has 2 aromatic rings. The van der Waals surface area contributed by atoms with Gasteiger partial charge in [0.25, 0.3) is 5.91 Å². The number of rotatable bonds is 7. The van der Waals surface area contributed by atoms with Crippen molar-refractivity contribution in [3.05, 3.63) is 63.6 Å². The van der Waals surface area contributed by atoms with E-state index in [2.05, 4.69) is 11.4 Å². The molecule has 0 radical (unpaired) electrons. The zero-order chi connectivity index (χ0) is 17.5. The van der Waals surface area contributed by atoms with E-state index in [4.69, 9.17) is 27.9 Å². The number of aryl methyl sites for hydroxylation is 1. The fourth-order valence-corrected chi connectivity index (χ4v) is 2.80. The molecule has 0 aliphatic carbocycles. The Hall–Kier alpha value is -1.71. The van der Waals surface area contributed by atoms with Gasteiger partial charge in [0.15, 0.2) is 0 Å². The molecule has 0 saturated heterocycles. The molecule has 0 bridgehead atoms. The number of amides is 1. The third-order valence-electron chi connectivity index (χ3n) is 3.37. The average molecular weight is 366 g/mol. The van der Waals surface area contributed by atoms with Crippen molar-refractivity contribution in [2.45, 2.75) is 32.8 Å². The van der Waals surface area contributed by atoms with Crippen LogP contribution < -0.4 is 10.1 Å². The van der Waals surface area contributed by atoms with Crippen LogP contribution in [0.2, 0.25) is 10.0 Å². The molecule has 1 N–H and O–H groups in total. The number of halogens is 2. The first-order valence-corrected chi connectivity index (χ1v) is 8.70. The number of carbonyl (C=O) groups is 1. The Morgan fingerprint density at radius 2 is 1.96 bits per heavy atom. The van der Waals surface area contributed by atoms with Crippen molar-refractivity contribution in [1.82, 2.24) is 5.32 Å². The third kappa shape index (κ3) is 5.73. The van der Waals surface area contributed by atoms with Gasteiger partial charge in [0.1, 0.15) is 5.75 Å². The zero-order valence-electron chi connectivity index (χ0n) is 13.8. The Labute approximate surface area is 152 Å². The molecule has 0 fully saturated rings. The van der Waals surface area contributed by atoms with Crippen molar-refractivity contribution in [2.24, 2.45) is 0 Å². The van der Waals surface area contributed by atoms with Crippen molar-refractivity contribution in [3.8, 4) is 5.75 Å². The first-order valence-electron chi connectivity index (χ1n) is 7.94. The predicted molar refractivity (Wildman–Crippen MR) is 99.3 cm³/mol. The van der Waals surface area contributed by atoms with Gasteiger partial charge < -0.3 is 10.1 Å². The van der Waals surface area contributed by atoms with Gasteiger partial charge in [0, 0.05) is 11.6 Å². The van der Waals surface area contributed by atoms with Crippen LogP contribution in [0.5, 0.6) is 5.75 Å². The molecular weight excluding hydrogens is 345 g/mol. The summed E-state index contributed by atoms with van der Waals surface area (Å²) in [5, 5.41) is 3.75. The SMILES string of the molecule is CC(C)Oc1cccc(CCCNC(=O)c2ccc(Cl)cc2Cl)c1. The first kappa shape index (κ1) is 18.6. The summed E-state index contributed by atoms with van der Waals surface area (Å²) in [7, 11) is 0. The highest BCUT2D eigenvalue weighted by molar-refractivity contribution is 6.36. The van der Waals surface area contributed by atoms with Crippen LogP contribution in [0, 0.1) is 0 Å². The predicted octanol–water partition coefficient (Wildman–Crippen LogP) is 5.14. The lowest BCUT2D eigenvalue weighted by molar-refractivity contribution is 0.0953. The monoisotopic (exact) mass is 365 g/mol. The highest BCUT2D eigenvalue weighted by Crippen LogP contribution is 2.21. The highest BCUT2D eigenvalue weighted by Gasteiger charge is 2.10. The van der Waals surface area contributed by atoms with Crippen LogP contribution in [-0.4, -0.2) is 18.6 Å². The van der Waals surface area contributed by atoms with Crippen molar-refractivity contribution in [3.63, 3.8) is 0 Å². The number of hydrogen-bond donors (Lipinski definition) is 1. The van der Waals surface area contributed by atoms with E-state index in [1.807, 2.05) is 32.0 Å². The first-order chi connectivity index (χ1) is 11.5. The fraction of sp³-hybridized carbons (Fsp3) is 0.316. The Morgan fingerprint density at radius 3 is 2.67 bits per heavy atom. The molecule has 2 aromatic carbocycles. The van der Waals surface area contributed by atoms with Crippen LogP contribution in [0.25, 0.3) is 0 Å². The van der Waals surface area contributed by atoms with Crippen LogP contribution in [0.1, 0.15) is 36.2 Å². The standard InChI is InChI=1S/C19H21Cl2NO2/c1-13(2)24-16-7-3-5-14(11-16)6-4-10-22-19(23)17-9-8-15(20)12-18(17)21/h3,5,7-9,11-13H,4,6,10H2,1-2H3,(H,22,23). The van der Waals surface area contributed by atoms with E-state index in [9.17, 15) is 4.79 Å². The largest absolute Gasteiger partial charge is 0.491 e. The minimum Gasteiger partial charge on any atom is -0.491 e. The van der Waals surface area contributed by atoms with E-state index in [1.54, 1.807) is 18.2 Å². The molecule has 0 heterocycles. The zero-order valence-corrected chi connectivity index (χ0v) is 15.3. The lowest BCUT2D eigenvalue weighted by Crippen LogP contribution is -2.25. The number of hydrogen-bond acceptors (Lipinski definition) is 2. The molecule has 0 atom stereocenters. The topological polar surface area (TPSA) is 38.3 Å². The van der Waals surface area contributed by atoms with Crippen LogP contribution in [0.15, 0.2) is 42.5 Å². The van der Waals surface area contributed by atoms with E-state index in [-0.39, 0.29) is 12.0 Å². The minimum absolute atomic E-state index is 0.156. The maximum atomic E-state index is 12.1. The normalized spacial score (nSPS) is 10.7. The summed E-state index contributed by atoms with van der Waals surface area (Å²) in [6.45, 7) is 4.58. The molecule has 0 aliphatic heterocycles. The summed E-state index contributed by atoms with van der Waals surface area (Å²) in [6.07, 6.45) is 1.86. The molecule has 1 amide bonds. The summed E-state index contributed by atoms with van der Waals surface area (Å²) in [5.41, 5.74) is 1.63. The molecule has 0 spiro atoms. The molecule has 24 heavy (non-hydrogen) atoms. The van der Waals surface area contributed by atoms with Gasteiger partial charge in [-0.15, -0.1) is 0 Å². The van der Waals surface area contributed by atoms with Crippen LogP contribution >= 0.6 is 23.2 Å². The smallest absolute Gasteiger partial charge is 0.252 e. The second-order valence-electron chi connectivity index (χ2n) is 5.80. The maximum Gasteiger partial charge on any atom is 0.252 e. The summed E-state index contributed by atoms with van der Waals surface area (Å²) >= 11 is 11.9. The van der Waals surface area contributed by atoms with Crippen molar-refractivity contribution in [1.29, 1.82) is 0 Å². The molecule has 0 aliphatic rings. The van der Waals surface area contributed by atoms with E-state index in [1.165, 1.54) is 5.56 Å². The maximum absolute atomic E-state index is 12.1. The van der Waals surface area contributed by atoms with E-state index < -0.39 is 0 Å². The van der Waals surface area contributed by atoms with E-state index in [0.717, 1.165) is 18.6 Å². The highest BCUT2D eigenvalue weighted by atomic mass is 35.5. The van der Waals surface area contributed by atoms with Gasteiger partial charge in [0.05, 0.1) is 16.7 Å². The Morgan fingerprint density at radius 1 is 1.17 bits per heavy atom. The minimum atomic E-state index is -0.187. The van der Waals surface area contributed by atoms with Crippen molar-refractivity contribution in [2.75, 3.05) is 6.54 Å². The van der Waals surface area contributed by atoms with Gasteiger partial charge in [-0.3, -0.25) is 4.79 Å². The van der Waals surface area contributed by atoms with Crippen LogP contribution in [0.4, 0.5) is 0 Å². The van der Waals surface area contributed by atoms with E-state index >= 15 is 0 Å². The molecule has 5 heteroatoms. The number of nitrogens with one attached hydrogen (secondary N) is 1. The fourth-order valence-electron chi connectivity index (χ4n) is 2.31. The van der Waals surface area contributed by atoms with Crippen LogP contribution in [-0.2, 0) is 6.42 Å². The molecule has 3 nitrogen and oxygen atoms in total. The molecule has 0 saturated carbocycles. The molecule has 0 unspecified atom stereocenters. The van der Waals surface area contributed by atoms with Gasteiger partial charge >= 0.3 is 0 Å². The van der Waals surface area contributed by atoms with Crippen molar-refractivity contribution < 1.29 is 9.53 Å². The Bertz CT molecular complexity index is 702. The molecule has 2 rings (SSSR count). The van der Waals surface area contributed by atoms with Gasteiger partial charge in [-0.25, -0.2) is 0 Å². The molecule has 128 valence electrons. The van der Waals surface area contributed by atoms with Gasteiger partial charge in [-0.2, -0.15) is 0 Å². The summed E-state index contributed by atoms with van der Waals surface area (Å²) in [4.78, 5) is 12.1. The number of carbonyl (C=O) groups excluding carboxylic acids is 1. The van der Waals surface area contributed by atoms with Gasteiger partial charge in [0.2, 0.25) is 0 Å². The quantitative estimate of drug-likeness (QED) is 0.689. The Kier molecular flexibility index (Phi) is 6.95. The van der Waals surface area contributed by atoms with Gasteiger partial charge in [-0.05, 0) is 62.6 Å². The van der Waals surface area contributed by atoms with Gasteiger partial charge in [-0.1, -0.05) is 35.3 Å². The number of ether oxygens (including phenoxy) is 1. The summed E-state index contributed by atoms with van der Waals surface area (Å²) in [6, 6.07) is 12.9. The summed E-state index contributed by atoms with van der Waals surface area (Å²) < 4.78 is 5.68. The average Bonchev–Trinajstić information content (AvgIpc) is 2.51. The lowest BCUT2D eigenvalue weighted by Gasteiger charge is -2.11. The Balaban J connectivity index is 1.81. The molecular formula is C19H21Cl2NO2. The number of benzene rings is 2. The van der Waals surface area contributed by atoms with Crippen LogP contribution in [0.3, 0.4) is 0 Å². The lowest BCUT2D eigenvalue weighted by atomic mass is 10.1. The van der Waals surface area contributed by atoms with E-state index in [0.29, 0.717) is 22.2 Å². The summed E-state index contributed by atoms with van der Waals surface area (Å²) in [5.74, 6) is 0.688. The third-order valence-corrected chi connectivity index (χ3v) is 3.92. The second kappa shape index (κ2) is 8.95.